The molecule has 0 radical (unpaired) electrons. The molecule has 4 heterocycles. The van der Waals surface area contributed by atoms with Crippen molar-refractivity contribution in [1.82, 2.24) is 19.8 Å². The molecule has 1 spiro atoms. The van der Waals surface area contributed by atoms with Gasteiger partial charge in [-0.25, -0.2) is 4.98 Å². The monoisotopic (exact) mass is 402 g/mol. The highest BCUT2D eigenvalue weighted by molar-refractivity contribution is 7.08. The third kappa shape index (κ3) is 4.12. The molecule has 4 rings (SSSR count). The van der Waals surface area contributed by atoms with Gasteiger partial charge >= 0.3 is 5.97 Å². The van der Waals surface area contributed by atoms with Crippen LogP contribution in [-0.2, 0) is 27.3 Å². The zero-order valence-electron chi connectivity index (χ0n) is 16.1. The number of aromatic amines is 1. The summed E-state index contributed by atoms with van der Waals surface area (Å²) in [5, 5.41) is 4.01. The number of piperidine rings is 1. The molecular formula is C20H26N4O3S. The van der Waals surface area contributed by atoms with Gasteiger partial charge in [0.15, 0.2) is 0 Å². The third-order valence-corrected chi connectivity index (χ3v) is 6.56. The summed E-state index contributed by atoms with van der Waals surface area (Å²) in [5.74, 6) is 0.960. The lowest BCUT2D eigenvalue weighted by Gasteiger charge is -2.36. The highest BCUT2D eigenvalue weighted by atomic mass is 32.1. The SMILES string of the molecule is CN(Cc1ncc[nH]1)CC1CC2(CCN(C(=O)Cc3ccsc3)CC2)C(=O)O1. The number of amides is 1. The second-order valence-corrected chi connectivity index (χ2v) is 8.71. The van der Waals surface area contributed by atoms with E-state index in [1.807, 2.05) is 28.8 Å². The van der Waals surface area contributed by atoms with Gasteiger partial charge in [-0.1, -0.05) is 0 Å². The maximum absolute atomic E-state index is 12.6. The molecular weight excluding hydrogens is 376 g/mol. The first-order chi connectivity index (χ1) is 13.5. The van der Waals surface area contributed by atoms with Gasteiger partial charge in [-0.05, 0) is 42.3 Å². The summed E-state index contributed by atoms with van der Waals surface area (Å²) in [6.07, 6.45) is 6.02. The fraction of sp³-hybridized carbons (Fsp3) is 0.550. The van der Waals surface area contributed by atoms with Crippen LogP contribution in [0.15, 0.2) is 29.2 Å². The van der Waals surface area contributed by atoms with Crippen molar-refractivity contribution in [2.75, 3.05) is 26.7 Å². The van der Waals surface area contributed by atoms with Crippen molar-refractivity contribution in [2.45, 2.75) is 38.3 Å². The molecule has 1 atom stereocenters. The molecule has 2 fully saturated rings. The number of esters is 1. The lowest BCUT2D eigenvalue weighted by Crippen LogP contribution is -2.45. The van der Waals surface area contributed by atoms with Crippen molar-refractivity contribution in [1.29, 1.82) is 0 Å². The first kappa shape index (κ1) is 19.1. The Morgan fingerprint density at radius 2 is 2.29 bits per heavy atom. The maximum Gasteiger partial charge on any atom is 0.312 e. The fourth-order valence-corrected chi connectivity index (χ4v) is 4.93. The number of hydrogen-bond acceptors (Lipinski definition) is 6. The highest BCUT2D eigenvalue weighted by Crippen LogP contribution is 2.43. The summed E-state index contributed by atoms with van der Waals surface area (Å²) < 4.78 is 5.71. The Hall–Kier alpha value is -2.19. The first-order valence-electron chi connectivity index (χ1n) is 9.71. The number of H-pyrrole nitrogens is 1. The average Bonchev–Trinajstić information content (AvgIpc) is 3.40. The van der Waals surface area contributed by atoms with E-state index < -0.39 is 5.41 Å². The summed E-state index contributed by atoms with van der Waals surface area (Å²) in [6, 6.07) is 1.99. The van der Waals surface area contributed by atoms with Gasteiger partial charge < -0.3 is 14.6 Å². The smallest absolute Gasteiger partial charge is 0.312 e. The minimum Gasteiger partial charge on any atom is -0.461 e. The van der Waals surface area contributed by atoms with Crippen LogP contribution in [0.3, 0.4) is 0 Å². The number of aromatic nitrogens is 2. The number of carbonyl (C=O) groups excluding carboxylic acids is 2. The number of carbonyl (C=O) groups is 2. The van der Waals surface area contributed by atoms with E-state index in [0.29, 0.717) is 45.4 Å². The van der Waals surface area contributed by atoms with Gasteiger partial charge in [0.2, 0.25) is 5.91 Å². The average molecular weight is 403 g/mol. The Kier molecular flexibility index (Phi) is 5.50. The molecule has 1 unspecified atom stereocenters. The van der Waals surface area contributed by atoms with Crippen LogP contribution in [0, 0.1) is 5.41 Å². The number of nitrogens with zero attached hydrogens (tertiary/aromatic N) is 3. The van der Waals surface area contributed by atoms with Gasteiger partial charge in [0.1, 0.15) is 11.9 Å². The highest BCUT2D eigenvalue weighted by Gasteiger charge is 2.50. The van der Waals surface area contributed by atoms with Gasteiger partial charge in [0.25, 0.3) is 0 Å². The van der Waals surface area contributed by atoms with E-state index in [4.69, 9.17) is 4.74 Å². The molecule has 150 valence electrons. The number of rotatable bonds is 6. The van der Waals surface area contributed by atoms with Crippen LogP contribution in [0.25, 0.3) is 0 Å². The normalized spacial score (nSPS) is 21.4. The molecule has 8 heteroatoms. The molecule has 0 bridgehead atoms. The number of cyclic esters (lactones) is 1. The van der Waals surface area contributed by atoms with Crippen molar-refractivity contribution < 1.29 is 14.3 Å². The molecule has 28 heavy (non-hydrogen) atoms. The second-order valence-electron chi connectivity index (χ2n) is 7.93. The van der Waals surface area contributed by atoms with Gasteiger partial charge in [0.05, 0.1) is 18.4 Å². The van der Waals surface area contributed by atoms with E-state index in [0.717, 1.165) is 17.8 Å². The number of likely N-dealkylation sites (N-methyl/N-ethyl adjacent to an activating group) is 1. The second kappa shape index (κ2) is 8.05. The van der Waals surface area contributed by atoms with Gasteiger partial charge in [0, 0.05) is 38.4 Å². The van der Waals surface area contributed by atoms with Crippen LogP contribution in [0.5, 0.6) is 0 Å². The van der Waals surface area contributed by atoms with E-state index in [9.17, 15) is 9.59 Å². The standard InChI is InChI=1S/C20H26N4O3S/c1-23(13-17-21-5-6-22-17)12-16-11-20(19(26)27-16)3-7-24(8-4-20)18(25)10-15-2-9-28-14-15/h2,5-6,9,14,16H,3-4,7-8,10-13H2,1H3,(H,21,22). The van der Waals surface area contributed by atoms with Gasteiger partial charge in [-0.3, -0.25) is 14.5 Å². The van der Waals surface area contributed by atoms with Crippen LogP contribution in [0.1, 0.15) is 30.7 Å². The number of thiophene rings is 1. The molecule has 1 N–H and O–H groups in total. The number of nitrogens with one attached hydrogen (secondary N) is 1. The zero-order chi connectivity index (χ0) is 19.6. The van der Waals surface area contributed by atoms with Crippen molar-refractivity contribution in [3.8, 4) is 0 Å². The molecule has 1 amide bonds. The minimum absolute atomic E-state index is 0.0890. The number of likely N-dealkylation sites (tertiary alicyclic amines) is 1. The van der Waals surface area contributed by atoms with E-state index in [-0.39, 0.29) is 18.0 Å². The van der Waals surface area contributed by atoms with Crippen LogP contribution in [0.4, 0.5) is 0 Å². The molecule has 2 aliphatic rings. The van der Waals surface area contributed by atoms with E-state index >= 15 is 0 Å². The predicted molar refractivity (Wildman–Crippen MR) is 106 cm³/mol. The van der Waals surface area contributed by atoms with E-state index in [2.05, 4.69) is 14.9 Å². The summed E-state index contributed by atoms with van der Waals surface area (Å²) in [4.78, 5) is 36.5. The lowest BCUT2D eigenvalue weighted by atomic mass is 9.76. The number of ether oxygens (including phenoxy) is 1. The van der Waals surface area contributed by atoms with Crippen molar-refractivity contribution in [3.05, 3.63) is 40.6 Å². The topological polar surface area (TPSA) is 78.5 Å². The van der Waals surface area contributed by atoms with E-state index in [1.165, 1.54) is 0 Å². The predicted octanol–water partition coefficient (Wildman–Crippen LogP) is 2.07. The Bertz CT molecular complexity index is 798. The number of imidazole rings is 1. The molecule has 2 aromatic heterocycles. The zero-order valence-corrected chi connectivity index (χ0v) is 16.9. The van der Waals surface area contributed by atoms with Crippen molar-refractivity contribution in [2.24, 2.45) is 5.41 Å². The molecule has 0 aromatic carbocycles. The summed E-state index contributed by atoms with van der Waals surface area (Å²) >= 11 is 1.61. The number of hydrogen-bond donors (Lipinski definition) is 1. The minimum atomic E-state index is -0.421. The van der Waals surface area contributed by atoms with Crippen LogP contribution < -0.4 is 0 Å². The molecule has 0 aliphatic carbocycles. The van der Waals surface area contributed by atoms with Crippen LogP contribution >= 0.6 is 11.3 Å². The van der Waals surface area contributed by atoms with Crippen LogP contribution in [0.2, 0.25) is 0 Å². The molecule has 7 nitrogen and oxygen atoms in total. The fourth-order valence-electron chi connectivity index (χ4n) is 4.26. The Labute approximate surface area is 168 Å². The van der Waals surface area contributed by atoms with Crippen molar-refractivity contribution in [3.63, 3.8) is 0 Å². The maximum atomic E-state index is 12.6. The molecule has 2 aromatic rings. The quantitative estimate of drug-likeness (QED) is 0.749. The Balaban J connectivity index is 1.28. The van der Waals surface area contributed by atoms with Crippen molar-refractivity contribution >= 4 is 23.2 Å². The summed E-state index contributed by atoms with van der Waals surface area (Å²) in [5.41, 5.74) is 0.644. The van der Waals surface area contributed by atoms with E-state index in [1.54, 1.807) is 23.7 Å². The Morgan fingerprint density at radius 3 is 2.96 bits per heavy atom. The Morgan fingerprint density at radius 1 is 1.46 bits per heavy atom. The molecule has 0 saturated carbocycles. The largest absolute Gasteiger partial charge is 0.461 e. The van der Waals surface area contributed by atoms with Gasteiger partial charge in [-0.2, -0.15) is 11.3 Å². The van der Waals surface area contributed by atoms with Gasteiger partial charge in [-0.15, -0.1) is 0 Å². The molecule has 2 aliphatic heterocycles. The first-order valence-corrected chi connectivity index (χ1v) is 10.7. The summed E-state index contributed by atoms with van der Waals surface area (Å²) in [6.45, 7) is 2.65. The third-order valence-electron chi connectivity index (χ3n) is 5.82. The molecule has 2 saturated heterocycles. The lowest BCUT2D eigenvalue weighted by molar-refractivity contribution is -0.152. The van der Waals surface area contributed by atoms with Crippen LogP contribution in [-0.4, -0.2) is 64.4 Å². The summed E-state index contributed by atoms with van der Waals surface area (Å²) in [7, 11) is 2.01.